The predicted molar refractivity (Wildman–Crippen MR) is 107 cm³/mol. The molecule has 2 aliphatic carbocycles. The van der Waals surface area contributed by atoms with Crippen LogP contribution in [-0.4, -0.2) is 26.2 Å². The lowest BCUT2D eigenvalue weighted by Crippen LogP contribution is -2.10. The fourth-order valence-corrected chi connectivity index (χ4v) is 5.03. The highest BCUT2D eigenvalue weighted by Gasteiger charge is 2.32. The van der Waals surface area contributed by atoms with Crippen LogP contribution >= 0.6 is 0 Å². The highest BCUT2D eigenvalue weighted by atomic mass is 16.3. The molecule has 4 atom stereocenters. The Labute approximate surface area is 159 Å². The van der Waals surface area contributed by atoms with Gasteiger partial charge in [-0.3, -0.25) is 0 Å². The quantitative estimate of drug-likeness (QED) is 0.733. The Bertz CT molecular complexity index is 966. The van der Waals surface area contributed by atoms with Crippen LogP contribution in [0.25, 0.3) is 11.0 Å². The van der Waals surface area contributed by atoms with Gasteiger partial charge in [0.1, 0.15) is 17.8 Å². The van der Waals surface area contributed by atoms with Crippen molar-refractivity contribution >= 4 is 16.9 Å². The molecule has 0 amide bonds. The molecule has 5 nitrogen and oxygen atoms in total. The number of nitrogens with one attached hydrogen (secondary N) is 1. The van der Waals surface area contributed by atoms with Gasteiger partial charge in [-0.25, -0.2) is 9.97 Å². The molecule has 0 saturated heterocycles. The SMILES string of the molecule is CC1C[C@H](n2ccc3c(NC4CCc5ccccc54)ncnc32)C[C@H]1CO. The Morgan fingerprint density at radius 2 is 2.07 bits per heavy atom. The van der Waals surface area contributed by atoms with E-state index in [1.54, 1.807) is 6.33 Å². The van der Waals surface area contributed by atoms with Gasteiger partial charge in [0.2, 0.25) is 0 Å². The molecule has 5 heteroatoms. The summed E-state index contributed by atoms with van der Waals surface area (Å²) in [5, 5.41) is 14.4. The second-order valence-electron chi connectivity index (χ2n) is 8.16. The van der Waals surface area contributed by atoms with E-state index < -0.39 is 0 Å². The summed E-state index contributed by atoms with van der Waals surface area (Å²) >= 11 is 0. The van der Waals surface area contributed by atoms with Crippen LogP contribution < -0.4 is 5.32 Å². The Balaban J connectivity index is 1.45. The van der Waals surface area contributed by atoms with Gasteiger partial charge in [0, 0.05) is 18.8 Å². The molecule has 27 heavy (non-hydrogen) atoms. The molecule has 1 saturated carbocycles. The van der Waals surface area contributed by atoms with Crippen LogP contribution in [-0.2, 0) is 6.42 Å². The lowest BCUT2D eigenvalue weighted by Gasteiger charge is -2.16. The highest BCUT2D eigenvalue weighted by Crippen LogP contribution is 2.41. The Kier molecular flexibility index (Phi) is 4.12. The number of aromatic nitrogens is 3. The molecule has 0 aliphatic heterocycles. The van der Waals surface area contributed by atoms with Crippen LogP contribution in [0.15, 0.2) is 42.9 Å². The van der Waals surface area contributed by atoms with E-state index in [0.29, 0.717) is 23.9 Å². The minimum Gasteiger partial charge on any atom is -0.396 e. The van der Waals surface area contributed by atoms with E-state index in [4.69, 9.17) is 0 Å². The number of rotatable bonds is 4. The summed E-state index contributed by atoms with van der Waals surface area (Å²) in [6.45, 7) is 2.52. The number of hydrogen-bond acceptors (Lipinski definition) is 4. The average Bonchev–Trinajstić information content (AvgIpc) is 3.39. The summed E-state index contributed by atoms with van der Waals surface area (Å²) in [4.78, 5) is 9.14. The summed E-state index contributed by atoms with van der Waals surface area (Å²) in [7, 11) is 0. The Morgan fingerprint density at radius 1 is 1.19 bits per heavy atom. The van der Waals surface area contributed by atoms with Gasteiger partial charge in [0.25, 0.3) is 0 Å². The summed E-state index contributed by atoms with van der Waals surface area (Å²) < 4.78 is 2.29. The number of aliphatic hydroxyl groups is 1. The minimum atomic E-state index is 0.278. The monoisotopic (exact) mass is 362 g/mol. The van der Waals surface area contributed by atoms with Gasteiger partial charge in [-0.05, 0) is 54.7 Å². The van der Waals surface area contributed by atoms with Crippen LogP contribution in [0, 0.1) is 11.8 Å². The van der Waals surface area contributed by atoms with E-state index in [0.717, 1.165) is 42.5 Å². The minimum absolute atomic E-state index is 0.278. The molecule has 0 bridgehead atoms. The van der Waals surface area contributed by atoms with Crippen molar-refractivity contribution < 1.29 is 5.11 Å². The smallest absolute Gasteiger partial charge is 0.145 e. The van der Waals surface area contributed by atoms with E-state index in [1.165, 1.54) is 11.1 Å². The van der Waals surface area contributed by atoms with Gasteiger partial charge in [0.05, 0.1) is 11.4 Å². The first-order chi connectivity index (χ1) is 13.2. The molecule has 3 aromatic rings. The van der Waals surface area contributed by atoms with Gasteiger partial charge in [0.15, 0.2) is 0 Å². The molecule has 1 fully saturated rings. The summed E-state index contributed by atoms with van der Waals surface area (Å²) in [6, 6.07) is 11.5. The van der Waals surface area contributed by atoms with Crippen LogP contribution in [0.2, 0.25) is 0 Å². The van der Waals surface area contributed by atoms with Crippen molar-refractivity contribution in [1.29, 1.82) is 0 Å². The molecule has 2 unspecified atom stereocenters. The first-order valence-electron chi connectivity index (χ1n) is 10.0. The summed E-state index contributed by atoms with van der Waals surface area (Å²) in [5.41, 5.74) is 3.82. The lowest BCUT2D eigenvalue weighted by molar-refractivity contribution is 0.200. The third-order valence-corrected chi connectivity index (χ3v) is 6.60. The number of aryl methyl sites for hydroxylation is 1. The van der Waals surface area contributed by atoms with Crippen molar-refractivity contribution in [3.8, 4) is 0 Å². The van der Waals surface area contributed by atoms with Crippen molar-refractivity contribution in [3.05, 3.63) is 54.0 Å². The van der Waals surface area contributed by atoms with E-state index in [1.807, 2.05) is 0 Å². The molecule has 2 heterocycles. The van der Waals surface area contributed by atoms with Crippen molar-refractivity contribution in [1.82, 2.24) is 14.5 Å². The van der Waals surface area contributed by atoms with Crippen molar-refractivity contribution in [2.75, 3.05) is 11.9 Å². The third kappa shape index (κ3) is 2.81. The number of nitrogens with zero attached hydrogens (tertiary/aromatic N) is 3. The van der Waals surface area contributed by atoms with E-state index >= 15 is 0 Å². The maximum Gasteiger partial charge on any atom is 0.145 e. The number of hydrogen-bond donors (Lipinski definition) is 2. The largest absolute Gasteiger partial charge is 0.396 e. The molecule has 1 aromatic carbocycles. The topological polar surface area (TPSA) is 63.0 Å². The van der Waals surface area contributed by atoms with Crippen molar-refractivity contribution in [3.63, 3.8) is 0 Å². The zero-order chi connectivity index (χ0) is 18.4. The second kappa shape index (κ2) is 6.64. The third-order valence-electron chi connectivity index (χ3n) is 6.60. The number of anilines is 1. The molecule has 2 N–H and O–H groups in total. The standard InChI is InChI=1S/C22H26N4O/c1-14-10-17(11-16(14)12-27)26-9-8-19-21(23-13-24-22(19)26)25-20-7-6-15-4-2-3-5-18(15)20/h2-5,8-9,13-14,16-17,20,27H,6-7,10-12H2,1H3,(H,23,24,25)/t14?,16-,17-,20?/m0/s1. The first-order valence-corrected chi connectivity index (χ1v) is 10.0. The van der Waals surface area contributed by atoms with Crippen molar-refractivity contribution in [2.24, 2.45) is 11.8 Å². The maximum atomic E-state index is 9.60. The second-order valence-corrected chi connectivity index (χ2v) is 8.16. The van der Waals surface area contributed by atoms with Gasteiger partial charge < -0.3 is 15.0 Å². The van der Waals surface area contributed by atoms with Crippen molar-refractivity contribution in [2.45, 2.75) is 44.7 Å². The molecular weight excluding hydrogens is 336 g/mol. The van der Waals surface area contributed by atoms with Crippen LogP contribution in [0.1, 0.15) is 49.4 Å². The zero-order valence-corrected chi connectivity index (χ0v) is 15.7. The molecule has 5 rings (SSSR count). The molecule has 0 radical (unpaired) electrons. The number of benzene rings is 1. The lowest BCUT2D eigenvalue weighted by atomic mass is 10.00. The summed E-state index contributed by atoms with van der Waals surface area (Å²) in [5.74, 6) is 1.86. The Morgan fingerprint density at radius 3 is 2.93 bits per heavy atom. The van der Waals surface area contributed by atoms with Gasteiger partial charge in [-0.15, -0.1) is 0 Å². The molecule has 2 aliphatic rings. The summed E-state index contributed by atoms with van der Waals surface area (Å²) in [6.07, 6.45) is 8.14. The zero-order valence-electron chi connectivity index (χ0n) is 15.7. The van der Waals surface area contributed by atoms with E-state index in [-0.39, 0.29) is 6.61 Å². The fraction of sp³-hybridized carbons (Fsp3) is 0.455. The maximum absolute atomic E-state index is 9.60. The van der Waals surface area contributed by atoms with Crippen LogP contribution in [0.5, 0.6) is 0 Å². The number of fused-ring (bicyclic) bond motifs is 2. The van der Waals surface area contributed by atoms with Gasteiger partial charge >= 0.3 is 0 Å². The van der Waals surface area contributed by atoms with Gasteiger partial charge in [-0.2, -0.15) is 0 Å². The molecular formula is C22H26N4O. The van der Waals surface area contributed by atoms with E-state index in [9.17, 15) is 5.11 Å². The highest BCUT2D eigenvalue weighted by molar-refractivity contribution is 5.87. The number of aliphatic hydroxyl groups excluding tert-OH is 1. The van der Waals surface area contributed by atoms with Gasteiger partial charge in [-0.1, -0.05) is 31.2 Å². The van der Waals surface area contributed by atoms with Crippen LogP contribution in [0.3, 0.4) is 0 Å². The van der Waals surface area contributed by atoms with E-state index in [2.05, 4.69) is 63.3 Å². The molecule has 140 valence electrons. The van der Waals surface area contributed by atoms with Crippen LogP contribution in [0.4, 0.5) is 5.82 Å². The Hall–Kier alpha value is -2.40. The normalized spacial score (nSPS) is 27.2. The predicted octanol–water partition coefficient (Wildman–Crippen LogP) is 4.11. The fourth-order valence-electron chi connectivity index (χ4n) is 5.03. The molecule has 0 spiro atoms. The molecule has 2 aromatic heterocycles. The average molecular weight is 362 g/mol. The first kappa shape index (κ1) is 16.8.